The zero-order valence-corrected chi connectivity index (χ0v) is 26.2. The first-order valence-corrected chi connectivity index (χ1v) is 14.6. The molecule has 5 amide bonds. The van der Waals surface area contributed by atoms with Crippen molar-refractivity contribution in [1.29, 1.82) is 0 Å². The van der Waals surface area contributed by atoms with E-state index in [0.717, 1.165) is 0 Å². The minimum atomic E-state index is -1.10. The average Bonchev–Trinajstić information content (AvgIpc) is 3.05. The summed E-state index contributed by atoms with van der Waals surface area (Å²) >= 11 is 0. The monoisotopic (exact) mass is 649 g/mol. The van der Waals surface area contributed by atoms with Crippen molar-refractivity contribution in [2.45, 2.75) is 38.3 Å². The maximum atomic E-state index is 13.4. The number of nitrogens with one attached hydrogen (secondary N) is 4. The number of hydrogen-bond donors (Lipinski definition) is 8. The SMILES string of the molecule is CCCC(NC(=O)c1cc(N)ccc1O)C(=O)Nc1ccc(OC)c(C(=O)NC(CCN)C(=O)Nc2ccc(OC)c(C(N)=O)c2)c1. The third-order valence-corrected chi connectivity index (χ3v) is 6.99. The molecule has 3 rings (SSSR count). The van der Waals surface area contributed by atoms with Crippen LogP contribution in [0.1, 0.15) is 57.3 Å². The summed E-state index contributed by atoms with van der Waals surface area (Å²) in [6.45, 7) is 1.89. The van der Waals surface area contributed by atoms with Crippen LogP contribution in [0.3, 0.4) is 0 Å². The highest BCUT2D eigenvalue weighted by atomic mass is 16.5. The van der Waals surface area contributed by atoms with E-state index < -0.39 is 41.6 Å². The van der Waals surface area contributed by atoms with E-state index in [-0.39, 0.29) is 70.4 Å². The molecule has 0 fully saturated rings. The van der Waals surface area contributed by atoms with Gasteiger partial charge < -0.3 is 53.0 Å². The van der Waals surface area contributed by atoms with E-state index in [2.05, 4.69) is 21.3 Å². The second-order valence-corrected chi connectivity index (χ2v) is 10.4. The van der Waals surface area contributed by atoms with Gasteiger partial charge in [-0.3, -0.25) is 24.0 Å². The number of phenolic OH excluding ortho intramolecular Hbond substituents is 1. The highest BCUT2D eigenvalue weighted by molar-refractivity contribution is 6.06. The number of methoxy groups -OCH3 is 2. The molecule has 0 saturated carbocycles. The van der Waals surface area contributed by atoms with Crippen LogP contribution in [0.25, 0.3) is 0 Å². The van der Waals surface area contributed by atoms with Crippen LogP contribution in [-0.4, -0.2) is 67.5 Å². The first-order chi connectivity index (χ1) is 22.4. The van der Waals surface area contributed by atoms with Crippen LogP contribution in [-0.2, 0) is 9.59 Å². The fourth-order valence-electron chi connectivity index (χ4n) is 4.60. The van der Waals surface area contributed by atoms with Crippen molar-refractivity contribution in [1.82, 2.24) is 10.6 Å². The average molecular weight is 650 g/mol. The Bertz CT molecular complexity index is 1650. The van der Waals surface area contributed by atoms with Gasteiger partial charge >= 0.3 is 0 Å². The molecule has 250 valence electrons. The molecule has 0 saturated heterocycles. The Kier molecular flexibility index (Phi) is 12.5. The van der Waals surface area contributed by atoms with Gasteiger partial charge in [0, 0.05) is 17.1 Å². The third-order valence-electron chi connectivity index (χ3n) is 6.99. The Morgan fingerprint density at radius 3 is 1.77 bits per heavy atom. The minimum Gasteiger partial charge on any atom is -0.507 e. The van der Waals surface area contributed by atoms with E-state index in [1.807, 2.05) is 6.92 Å². The number of primary amides is 1. The van der Waals surface area contributed by atoms with Crippen LogP contribution in [0.5, 0.6) is 17.2 Å². The summed E-state index contributed by atoms with van der Waals surface area (Å²) in [6, 6.07) is 10.6. The van der Waals surface area contributed by atoms with E-state index in [1.54, 1.807) is 0 Å². The second-order valence-electron chi connectivity index (χ2n) is 10.4. The van der Waals surface area contributed by atoms with Crippen molar-refractivity contribution in [3.8, 4) is 17.2 Å². The largest absolute Gasteiger partial charge is 0.507 e. The lowest BCUT2D eigenvalue weighted by Gasteiger charge is -2.20. The van der Waals surface area contributed by atoms with Crippen LogP contribution in [0.4, 0.5) is 17.1 Å². The van der Waals surface area contributed by atoms with Gasteiger partial charge in [-0.25, -0.2) is 0 Å². The van der Waals surface area contributed by atoms with Crippen molar-refractivity contribution < 1.29 is 38.6 Å². The quantitative estimate of drug-likeness (QED) is 0.0874. The molecule has 0 heterocycles. The molecule has 0 spiro atoms. The number of aromatic hydroxyl groups is 1. The Balaban J connectivity index is 1.78. The predicted octanol–water partition coefficient (Wildman–Crippen LogP) is 1.71. The van der Waals surface area contributed by atoms with E-state index >= 15 is 0 Å². The lowest BCUT2D eigenvalue weighted by molar-refractivity contribution is -0.118. The number of carbonyl (C=O) groups is 5. The molecule has 0 aliphatic carbocycles. The molecule has 0 radical (unpaired) electrons. The van der Waals surface area contributed by atoms with Gasteiger partial charge in [-0.1, -0.05) is 13.3 Å². The van der Waals surface area contributed by atoms with Gasteiger partial charge in [-0.05, 0) is 74.0 Å². The van der Waals surface area contributed by atoms with Gasteiger partial charge in [0.15, 0.2) is 0 Å². The van der Waals surface area contributed by atoms with Crippen molar-refractivity contribution in [3.05, 3.63) is 71.3 Å². The smallest absolute Gasteiger partial charge is 0.255 e. The number of benzene rings is 3. The van der Waals surface area contributed by atoms with Gasteiger partial charge in [-0.15, -0.1) is 0 Å². The topological polar surface area (TPSA) is 250 Å². The van der Waals surface area contributed by atoms with E-state index in [9.17, 15) is 29.1 Å². The molecule has 0 bridgehead atoms. The number of hydrogen-bond acceptors (Lipinski definition) is 10. The first kappa shape index (κ1) is 35.6. The van der Waals surface area contributed by atoms with Gasteiger partial charge in [0.05, 0.1) is 30.9 Å². The summed E-state index contributed by atoms with van der Waals surface area (Å²) in [7, 11) is 2.73. The molecule has 15 heteroatoms. The lowest BCUT2D eigenvalue weighted by atomic mass is 10.1. The maximum absolute atomic E-state index is 13.4. The number of carbonyl (C=O) groups excluding carboxylic acids is 5. The van der Waals surface area contributed by atoms with Crippen molar-refractivity contribution in [2.24, 2.45) is 11.5 Å². The Hall–Kier alpha value is -5.83. The highest BCUT2D eigenvalue weighted by Gasteiger charge is 2.26. The summed E-state index contributed by atoms with van der Waals surface area (Å²) < 4.78 is 10.5. The van der Waals surface area contributed by atoms with Gasteiger partial charge in [0.1, 0.15) is 29.3 Å². The molecule has 2 unspecified atom stereocenters. The molecule has 0 aliphatic rings. The number of phenols is 1. The maximum Gasteiger partial charge on any atom is 0.255 e. The summed E-state index contributed by atoms with van der Waals surface area (Å²) in [5.74, 6) is -3.24. The third kappa shape index (κ3) is 9.34. The summed E-state index contributed by atoms with van der Waals surface area (Å²) in [4.78, 5) is 64.5. The Labute approximate surface area is 271 Å². The molecule has 0 aliphatic heterocycles. The van der Waals surface area contributed by atoms with Crippen LogP contribution in [0, 0.1) is 0 Å². The molecule has 3 aromatic rings. The number of amides is 5. The van der Waals surface area contributed by atoms with Gasteiger partial charge in [0.2, 0.25) is 11.8 Å². The van der Waals surface area contributed by atoms with E-state index in [4.69, 9.17) is 26.7 Å². The summed E-state index contributed by atoms with van der Waals surface area (Å²) in [5.41, 5.74) is 17.5. The van der Waals surface area contributed by atoms with E-state index in [1.165, 1.54) is 68.8 Å². The molecular formula is C32H39N7O8. The predicted molar refractivity (Wildman–Crippen MR) is 175 cm³/mol. The minimum absolute atomic E-state index is 0.00124. The number of rotatable bonds is 15. The Morgan fingerprint density at radius 1 is 0.745 bits per heavy atom. The fraction of sp³-hybridized carbons (Fsp3) is 0.281. The summed E-state index contributed by atoms with van der Waals surface area (Å²) in [5, 5.41) is 20.7. The number of ether oxygens (including phenoxy) is 2. The van der Waals surface area contributed by atoms with Crippen molar-refractivity contribution in [3.63, 3.8) is 0 Å². The number of nitrogen functional groups attached to an aromatic ring is 1. The lowest BCUT2D eigenvalue weighted by Crippen LogP contribution is -2.45. The molecule has 0 aromatic heterocycles. The molecule has 15 nitrogen and oxygen atoms in total. The molecule has 2 atom stereocenters. The van der Waals surface area contributed by atoms with Crippen molar-refractivity contribution in [2.75, 3.05) is 37.1 Å². The molecule has 3 aromatic carbocycles. The van der Waals surface area contributed by atoms with E-state index in [0.29, 0.717) is 6.42 Å². The van der Waals surface area contributed by atoms with Crippen LogP contribution >= 0.6 is 0 Å². The normalized spacial score (nSPS) is 11.8. The fourth-order valence-corrected chi connectivity index (χ4v) is 4.60. The van der Waals surface area contributed by atoms with Crippen molar-refractivity contribution >= 4 is 46.6 Å². The molecular weight excluding hydrogens is 610 g/mol. The highest BCUT2D eigenvalue weighted by Crippen LogP contribution is 2.25. The number of nitrogens with two attached hydrogens (primary N) is 3. The Morgan fingerprint density at radius 2 is 1.26 bits per heavy atom. The van der Waals surface area contributed by atoms with Gasteiger partial charge in [-0.2, -0.15) is 0 Å². The van der Waals surface area contributed by atoms with Crippen LogP contribution in [0.2, 0.25) is 0 Å². The van der Waals surface area contributed by atoms with Gasteiger partial charge in [0.25, 0.3) is 17.7 Å². The summed E-state index contributed by atoms with van der Waals surface area (Å²) in [6.07, 6.45) is 0.883. The molecule has 47 heavy (non-hydrogen) atoms. The zero-order chi connectivity index (χ0) is 34.7. The number of anilines is 3. The molecule has 11 N–H and O–H groups in total. The van der Waals surface area contributed by atoms with Crippen LogP contribution < -0.4 is 47.9 Å². The standard InChI is InChI=1S/C32H39N7O8/c1-4-5-23(38-29(42)20-14-17(34)6-9-25(20)40)31(44)37-19-8-11-27(47-3)22(16-19)30(43)39-24(12-13-33)32(45)36-18-7-10-26(46-2)21(15-18)28(35)41/h6-11,14-16,23-24,40H,4-5,12-13,33-34H2,1-3H3,(H2,35,41)(H,36,45)(H,37,44)(H,38,42)(H,39,43). The first-order valence-electron chi connectivity index (χ1n) is 14.6. The second kappa shape index (κ2) is 16.5. The zero-order valence-electron chi connectivity index (χ0n) is 26.2. The van der Waals surface area contributed by atoms with Crippen LogP contribution in [0.15, 0.2) is 54.6 Å².